The average Bonchev–Trinajstić information content (AvgIpc) is 2.91. The van der Waals surface area contributed by atoms with Crippen LogP contribution in [0.2, 0.25) is 0 Å². The van der Waals surface area contributed by atoms with Crippen LogP contribution >= 0.6 is 0 Å². The average molecular weight is 566 g/mol. The Kier molecular flexibility index (Phi) is 9.98. The third-order valence-corrected chi connectivity index (χ3v) is 8.08. The first-order valence-corrected chi connectivity index (χ1v) is 14.7. The number of hydrogen-bond donors (Lipinski definition) is 1. The molecule has 0 aromatic heterocycles. The Morgan fingerprint density at radius 2 is 1.60 bits per heavy atom. The molecule has 0 saturated heterocycles. The van der Waals surface area contributed by atoms with Gasteiger partial charge in [-0.3, -0.25) is 13.9 Å². The fourth-order valence-electron chi connectivity index (χ4n) is 4.38. The monoisotopic (exact) mass is 565 g/mol. The van der Waals surface area contributed by atoms with Gasteiger partial charge in [0, 0.05) is 12.1 Å². The predicted octanol–water partition coefficient (Wildman–Crippen LogP) is 4.92. The van der Waals surface area contributed by atoms with E-state index in [1.165, 1.54) is 24.1 Å². The standard InChI is InChI=1S/C31H39N3O5S/c1-7-28(30(36)32-31(3,4)5)33(21-24-13-11-12-23(2)20-24)29(35)22-34(25-14-9-8-10-15-25)40(37,38)27-18-16-26(39-6)17-19-27/h8-20,28H,7,21-22H2,1-6H3,(H,32,36)/t28-/m0/s1. The predicted molar refractivity (Wildman–Crippen MR) is 158 cm³/mol. The zero-order valence-corrected chi connectivity index (χ0v) is 24.9. The molecule has 3 aromatic rings. The maximum absolute atomic E-state index is 14.1. The molecule has 0 aliphatic rings. The van der Waals surface area contributed by atoms with E-state index in [9.17, 15) is 18.0 Å². The highest BCUT2D eigenvalue weighted by atomic mass is 32.2. The molecule has 9 heteroatoms. The molecule has 0 unspecified atom stereocenters. The quantitative estimate of drug-likeness (QED) is 0.356. The smallest absolute Gasteiger partial charge is 0.264 e. The van der Waals surface area contributed by atoms with E-state index in [0.717, 1.165) is 15.4 Å². The van der Waals surface area contributed by atoms with Crippen LogP contribution in [0.4, 0.5) is 5.69 Å². The topological polar surface area (TPSA) is 96.0 Å². The fourth-order valence-corrected chi connectivity index (χ4v) is 5.79. The number of para-hydroxylation sites is 1. The van der Waals surface area contributed by atoms with Gasteiger partial charge in [0.25, 0.3) is 10.0 Å². The van der Waals surface area contributed by atoms with Gasteiger partial charge in [0.2, 0.25) is 11.8 Å². The number of hydrogen-bond acceptors (Lipinski definition) is 5. The first-order valence-electron chi connectivity index (χ1n) is 13.2. The lowest BCUT2D eigenvalue weighted by molar-refractivity contribution is -0.141. The summed E-state index contributed by atoms with van der Waals surface area (Å²) in [5, 5.41) is 2.98. The molecular weight excluding hydrogens is 526 g/mol. The number of nitrogens with one attached hydrogen (secondary N) is 1. The molecule has 0 saturated carbocycles. The van der Waals surface area contributed by atoms with E-state index in [1.807, 2.05) is 58.9 Å². The van der Waals surface area contributed by atoms with Crippen LogP contribution in [-0.2, 0) is 26.2 Å². The van der Waals surface area contributed by atoms with Crippen LogP contribution in [0.5, 0.6) is 5.75 Å². The first-order chi connectivity index (χ1) is 18.9. The van der Waals surface area contributed by atoms with E-state index in [-0.39, 0.29) is 17.3 Å². The summed E-state index contributed by atoms with van der Waals surface area (Å²) in [5.41, 5.74) is 1.70. The SMILES string of the molecule is CC[C@@H](C(=O)NC(C)(C)C)N(Cc1cccc(C)c1)C(=O)CN(c1ccccc1)S(=O)(=O)c1ccc(OC)cc1. The second-order valence-corrected chi connectivity index (χ2v) is 12.6. The second-order valence-electron chi connectivity index (χ2n) is 10.7. The molecule has 3 aromatic carbocycles. The Morgan fingerprint density at radius 1 is 0.950 bits per heavy atom. The van der Waals surface area contributed by atoms with Crippen molar-refractivity contribution in [1.82, 2.24) is 10.2 Å². The molecule has 0 radical (unpaired) electrons. The lowest BCUT2D eigenvalue weighted by atomic mass is 10.0. The summed E-state index contributed by atoms with van der Waals surface area (Å²) in [4.78, 5) is 29.0. The van der Waals surface area contributed by atoms with Crippen LogP contribution in [0.25, 0.3) is 0 Å². The summed E-state index contributed by atoms with van der Waals surface area (Å²) in [7, 11) is -2.64. The summed E-state index contributed by atoms with van der Waals surface area (Å²) in [6, 6.07) is 21.4. The Labute approximate surface area is 238 Å². The number of aryl methyl sites for hydroxylation is 1. The van der Waals surface area contributed by atoms with Crippen molar-refractivity contribution in [3.63, 3.8) is 0 Å². The van der Waals surface area contributed by atoms with Crippen LogP contribution in [0.15, 0.2) is 83.8 Å². The van der Waals surface area contributed by atoms with E-state index in [4.69, 9.17) is 4.74 Å². The maximum atomic E-state index is 14.1. The van der Waals surface area contributed by atoms with Gasteiger partial charge in [0.05, 0.1) is 17.7 Å². The number of methoxy groups -OCH3 is 1. The number of benzene rings is 3. The highest BCUT2D eigenvalue weighted by molar-refractivity contribution is 7.92. The largest absolute Gasteiger partial charge is 0.497 e. The number of carbonyl (C=O) groups is 2. The Balaban J connectivity index is 2.05. The van der Waals surface area contributed by atoms with Crippen LogP contribution in [-0.4, -0.2) is 50.4 Å². The number of carbonyl (C=O) groups excluding carboxylic acids is 2. The van der Waals surface area contributed by atoms with Gasteiger partial charge in [0.15, 0.2) is 0 Å². The highest BCUT2D eigenvalue weighted by Gasteiger charge is 2.34. The molecule has 3 rings (SSSR count). The minimum Gasteiger partial charge on any atom is -0.497 e. The van der Waals surface area contributed by atoms with Gasteiger partial charge in [-0.15, -0.1) is 0 Å². The number of rotatable bonds is 11. The zero-order valence-electron chi connectivity index (χ0n) is 24.0. The molecule has 40 heavy (non-hydrogen) atoms. The summed E-state index contributed by atoms with van der Waals surface area (Å²) < 4.78 is 34.0. The van der Waals surface area contributed by atoms with Gasteiger partial charge in [-0.25, -0.2) is 8.42 Å². The van der Waals surface area contributed by atoms with E-state index >= 15 is 0 Å². The highest BCUT2D eigenvalue weighted by Crippen LogP contribution is 2.26. The minimum absolute atomic E-state index is 0.0210. The van der Waals surface area contributed by atoms with Crippen molar-refractivity contribution in [1.29, 1.82) is 0 Å². The number of nitrogens with zero attached hydrogens (tertiary/aromatic N) is 2. The molecule has 0 aliphatic heterocycles. The summed E-state index contributed by atoms with van der Waals surface area (Å²) >= 11 is 0. The minimum atomic E-state index is -4.14. The van der Waals surface area contributed by atoms with Crippen LogP contribution in [0.1, 0.15) is 45.2 Å². The van der Waals surface area contributed by atoms with E-state index in [2.05, 4.69) is 5.32 Å². The molecule has 0 spiro atoms. The van der Waals surface area contributed by atoms with Crippen molar-refractivity contribution in [2.75, 3.05) is 18.0 Å². The lowest BCUT2D eigenvalue weighted by Gasteiger charge is -2.34. The molecular formula is C31H39N3O5S. The Bertz CT molecular complexity index is 1400. The molecule has 8 nitrogen and oxygen atoms in total. The third kappa shape index (κ3) is 7.85. The van der Waals surface area contributed by atoms with Gasteiger partial charge in [-0.1, -0.05) is 55.0 Å². The number of amides is 2. The second kappa shape index (κ2) is 13.0. The van der Waals surface area contributed by atoms with Gasteiger partial charge in [-0.2, -0.15) is 0 Å². The normalized spacial score (nSPS) is 12.3. The lowest BCUT2D eigenvalue weighted by Crippen LogP contribution is -2.55. The van der Waals surface area contributed by atoms with Crippen molar-refractivity contribution < 1.29 is 22.7 Å². The molecule has 0 bridgehead atoms. The van der Waals surface area contributed by atoms with E-state index in [1.54, 1.807) is 42.5 Å². The number of ether oxygens (including phenoxy) is 1. The van der Waals surface area contributed by atoms with Crippen LogP contribution in [0, 0.1) is 6.92 Å². The van der Waals surface area contributed by atoms with Gasteiger partial charge in [-0.05, 0) is 76.1 Å². The van der Waals surface area contributed by atoms with E-state index in [0.29, 0.717) is 17.9 Å². The molecule has 1 N–H and O–H groups in total. The third-order valence-electron chi connectivity index (χ3n) is 6.29. The van der Waals surface area contributed by atoms with Gasteiger partial charge >= 0.3 is 0 Å². The van der Waals surface area contributed by atoms with Crippen LogP contribution < -0.4 is 14.4 Å². The molecule has 1 atom stereocenters. The Morgan fingerprint density at radius 3 is 2.15 bits per heavy atom. The summed E-state index contributed by atoms with van der Waals surface area (Å²) in [6.45, 7) is 9.10. The number of anilines is 1. The van der Waals surface area contributed by atoms with Gasteiger partial charge < -0.3 is 15.0 Å². The number of sulfonamides is 1. The summed E-state index contributed by atoms with van der Waals surface area (Å²) in [5.74, 6) is -0.264. The molecule has 214 valence electrons. The maximum Gasteiger partial charge on any atom is 0.264 e. The van der Waals surface area contributed by atoms with Crippen LogP contribution in [0.3, 0.4) is 0 Å². The van der Waals surface area contributed by atoms with Crippen molar-refractivity contribution in [2.24, 2.45) is 0 Å². The zero-order chi connectivity index (χ0) is 29.5. The van der Waals surface area contributed by atoms with Crippen molar-refractivity contribution in [3.05, 3.63) is 90.0 Å². The van der Waals surface area contributed by atoms with Crippen molar-refractivity contribution in [2.45, 2.75) is 64.1 Å². The Hall–Kier alpha value is -3.85. The molecule has 0 heterocycles. The molecule has 0 fully saturated rings. The molecule has 0 aliphatic carbocycles. The molecule has 2 amide bonds. The van der Waals surface area contributed by atoms with Gasteiger partial charge in [0.1, 0.15) is 18.3 Å². The fraction of sp³-hybridized carbons (Fsp3) is 0.355. The summed E-state index contributed by atoms with van der Waals surface area (Å²) in [6.07, 6.45) is 0.357. The van der Waals surface area contributed by atoms with Crippen molar-refractivity contribution >= 4 is 27.5 Å². The van der Waals surface area contributed by atoms with E-state index < -0.39 is 34.1 Å². The first kappa shape index (κ1) is 30.7. The van der Waals surface area contributed by atoms with Crippen molar-refractivity contribution in [3.8, 4) is 5.75 Å².